The average molecular weight is 305 g/mol. The Morgan fingerprint density at radius 3 is 2.95 bits per heavy atom. The molecular formula is C16H23N3OS. The van der Waals surface area contributed by atoms with Gasteiger partial charge >= 0.3 is 0 Å². The van der Waals surface area contributed by atoms with Crippen LogP contribution in [-0.4, -0.2) is 36.0 Å². The second-order valence-electron chi connectivity index (χ2n) is 4.57. The van der Waals surface area contributed by atoms with E-state index in [0.29, 0.717) is 17.8 Å². The van der Waals surface area contributed by atoms with Crippen molar-refractivity contribution in [2.24, 2.45) is 5.73 Å². The van der Waals surface area contributed by atoms with E-state index in [9.17, 15) is 4.79 Å². The Hall–Kier alpha value is -1.51. The van der Waals surface area contributed by atoms with Crippen molar-refractivity contribution in [3.05, 3.63) is 29.6 Å². The summed E-state index contributed by atoms with van der Waals surface area (Å²) in [6, 6.07) is 3.55. The molecule has 0 unspecified atom stereocenters. The smallest absolute Gasteiger partial charge is 0.271 e. The van der Waals surface area contributed by atoms with Crippen LogP contribution in [0.25, 0.3) is 0 Å². The zero-order valence-electron chi connectivity index (χ0n) is 12.5. The number of hydrogen-bond donors (Lipinski definition) is 2. The van der Waals surface area contributed by atoms with Gasteiger partial charge in [0.25, 0.3) is 5.91 Å². The number of carbonyl (C=O) groups excluding carboxylic acids is 1. The molecule has 3 N–H and O–H groups in total. The van der Waals surface area contributed by atoms with Crippen LogP contribution in [0.5, 0.6) is 0 Å². The highest BCUT2D eigenvalue weighted by atomic mass is 32.2. The van der Waals surface area contributed by atoms with E-state index < -0.39 is 0 Å². The molecule has 1 rings (SSSR count). The average Bonchev–Trinajstić information content (AvgIpc) is 2.52. The highest BCUT2D eigenvalue weighted by Crippen LogP contribution is 2.05. The number of aromatic nitrogens is 1. The predicted octanol–water partition coefficient (Wildman–Crippen LogP) is 2.04. The molecule has 5 heteroatoms. The SMILES string of the molecule is CSCCCCCCNC(=O)c1ncccc1C#CCN. The second-order valence-corrected chi connectivity index (χ2v) is 5.55. The minimum Gasteiger partial charge on any atom is -0.351 e. The van der Waals surface area contributed by atoms with E-state index in [1.165, 1.54) is 18.6 Å². The van der Waals surface area contributed by atoms with Crippen LogP contribution >= 0.6 is 11.8 Å². The summed E-state index contributed by atoms with van der Waals surface area (Å²) >= 11 is 1.88. The van der Waals surface area contributed by atoms with Gasteiger partial charge in [-0.2, -0.15) is 11.8 Å². The fraction of sp³-hybridized carbons (Fsp3) is 0.500. The summed E-state index contributed by atoms with van der Waals surface area (Å²) in [6.07, 6.45) is 8.32. The van der Waals surface area contributed by atoms with Gasteiger partial charge in [0.2, 0.25) is 0 Å². The number of rotatable bonds is 8. The molecule has 1 aromatic heterocycles. The van der Waals surface area contributed by atoms with Crippen LogP contribution in [-0.2, 0) is 0 Å². The molecule has 0 radical (unpaired) electrons. The minimum absolute atomic E-state index is 0.166. The van der Waals surface area contributed by atoms with Crippen molar-refractivity contribution in [3.63, 3.8) is 0 Å². The fourth-order valence-corrected chi connectivity index (χ4v) is 2.34. The van der Waals surface area contributed by atoms with E-state index in [0.717, 1.165) is 12.8 Å². The Bertz CT molecular complexity index is 494. The number of nitrogens with two attached hydrogens (primary N) is 1. The first-order chi connectivity index (χ1) is 10.3. The number of pyridine rings is 1. The molecule has 0 fully saturated rings. The van der Waals surface area contributed by atoms with Gasteiger partial charge in [-0.25, -0.2) is 4.98 Å². The third-order valence-corrected chi connectivity index (χ3v) is 3.61. The lowest BCUT2D eigenvalue weighted by atomic mass is 10.1. The van der Waals surface area contributed by atoms with Gasteiger partial charge in [-0.3, -0.25) is 4.79 Å². The van der Waals surface area contributed by atoms with Crippen molar-refractivity contribution in [3.8, 4) is 11.8 Å². The summed E-state index contributed by atoms with van der Waals surface area (Å²) in [5, 5.41) is 2.90. The molecule has 21 heavy (non-hydrogen) atoms. The van der Waals surface area contributed by atoms with Gasteiger partial charge in [-0.15, -0.1) is 0 Å². The monoisotopic (exact) mass is 305 g/mol. The summed E-state index contributed by atoms with van der Waals surface area (Å²) in [7, 11) is 0. The molecular weight excluding hydrogens is 282 g/mol. The van der Waals surface area contributed by atoms with E-state index >= 15 is 0 Å². The maximum Gasteiger partial charge on any atom is 0.271 e. The van der Waals surface area contributed by atoms with Gasteiger partial charge < -0.3 is 11.1 Å². The highest BCUT2D eigenvalue weighted by Gasteiger charge is 2.10. The van der Waals surface area contributed by atoms with E-state index in [1.807, 2.05) is 11.8 Å². The summed E-state index contributed by atoms with van der Waals surface area (Å²) in [5.74, 6) is 6.68. The summed E-state index contributed by atoms with van der Waals surface area (Å²) in [6.45, 7) is 0.949. The quantitative estimate of drug-likeness (QED) is 0.570. The fourth-order valence-electron chi connectivity index (χ4n) is 1.84. The molecule has 0 aromatic carbocycles. The van der Waals surface area contributed by atoms with Crippen LogP contribution < -0.4 is 11.1 Å². The Morgan fingerprint density at radius 2 is 2.19 bits per heavy atom. The Morgan fingerprint density at radius 1 is 1.38 bits per heavy atom. The van der Waals surface area contributed by atoms with Gasteiger partial charge in [0.1, 0.15) is 5.69 Å². The van der Waals surface area contributed by atoms with Crippen molar-refractivity contribution in [1.82, 2.24) is 10.3 Å². The largest absolute Gasteiger partial charge is 0.351 e. The number of unbranched alkanes of at least 4 members (excludes halogenated alkanes) is 3. The molecule has 0 aliphatic carbocycles. The zero-order chi connectivity index (χ0) is 15.3. The van der Waals surface area contributed by atoms with Crippen LogP contribution in [0.1, 0.15) is 41.7 Å². The van der Waals surface area contributed by atoms with Crippen LogP contribution in [0.3, 0.4) is 0 Å². The first-order valence-electron chi connectivity index (χ1n) is 7.20. The number of thioether (sulfide) groups is 1. The number of nitrogens with one attached hydrogen (secondary N) is 1. The topological polar surface area (TPSA) is 68.0 Å². The minimum atomic E-state index is -0.166. The zero-order valence-corrected chi connectivity index (χ0v) is 13.3. The standard InChI is InChI=1S/C16H23N3OS/c1-21-13-5-3-2-4-11-19-16(20)15-14(8-6-10-17)9-7-12-18-15/h7,9,12H,2-5,10-11,13,17H2,1H3,(H,19,20). The Labute approximate surface area is 131 Å². The maximum atomic E-state index is 12.1. The molecule has 0 saturated carbocycles. The molecule has 0 atom stereocenters. The first-order valence-corrected chi connectivity index (χ1v) is 8.60. The number of nitrogens with zero attached hydrogens (tertiary/aromatic N) is 1. The van der Waals surface area contributed by atoms with Crippen molar-refractivity contribution in [2.75, 3.05) is 25.1 Å². The normalized spacial score (nSPS) is 9.81. The Kier molecular flexibility index (Phi) is 9.34. The molecule has 114 valence electrons. The van der Waals surface area contributed by atoms with Crippen LogP contribution in [0.4, 0.5) is 0 Å². The first kappa shape index (κ1) is 17.5. The second kappa shape index (κ2) is 11.2. The lowest BCUT2D eigenvalue weighted by molar-refractivity contribution is 0.0947. The predicted molar refractivity (Wildman–Crippen MR) is 89.4 cm³/mol. The molecule has 1 amide bonds. The van der Waals surface area contributed by atoms with E-state index in [2.05, 4.69) is 28.4 Å². The molecule has 0 aliphatic heterocycles. The van der Waals surface area contributed by atoms with Gasteiger partial charge in [0, 0.05) is 12.7 Å². The Balaban J connectivity index is 2.38. The van der Waals surface area contributed by atoms with E-state index in [-0.39, 0.29) is 12.5 Å². The summed E-state index contributed by atoms with van der Waals surface area (Å²) in [4.78, 5) is 16.2. The molecule has 0 spiro atoms. The summed E-state index contributed by atoms with van der Waals surface area (Å²) in [5.41, 5.74) is 6.36. The van der Waals surface area contributed by atoms with Gasteiger partial charge in [-0.05, 0) is 37.0 Å². The third kappa shape index (κ3) is 7.16. The molecule has 1 heterocycles. The maximum absolute atomic E-state index is 12.1. The van der Waals surface area contributed by atoms with Gasteiger partial charge in [0.05, 0.1) is 12.1 Å². The third-order valence-electron chi connectivity index (χ3n) is 2.91. The number of amides is 1. The van der Waals surface area contributed by atoms with Crippen LogP contribution in [0.15, 0.2) is 18.3 Å². The van der Waals surface area contributed by atoms with Crippen molar-refractivity contribution < 1.29 is 4.79 Å². The molecule has 0 aliphatic rings. The lowest BCUT2D eigenvalue weighted by Crippen LogP contribution is -2.26. The van der Waals surface area contributed by atoms with Crippen molar-refractivity contribution in [2.45, 2.75) is 25.7 Å². The van der Waals surface area contributed by atoms with Crippen molar-refractivity contribution >= 4 is 17.7 Å². The van der Waals surface area contributed by atoms with E-state index in [1.54, 1.807) is 18.3 Å². The van der Waals surface area contributed by atoms with E-state index in [4.69, 9.17) is 5.73 Å². The molecule has 1 aromatic rings. The molecule has 0 saturated heterocycles. The van der Waals surface area contributed by atoms with Crippen molar-refractivity contribution in [1.29, 1.82) is 0 Å². The van der Waals surface area contributed by atoms with Crippen LogP contribution in [0, 0.1) is 11.8 Å². The van der Waals surface area contributed by atoms with Gasteiger partial charge in [0.15, 0.2) is 0 Å². The number of hydrogen-bond acceptors (Lipinski definition) is 4. The lowest BCUT2D eigenvalue weighted by Gasteiger charge is -2.06. The van der Waals surface area contributed by atoms with Gasteiger partial charge in [-0.1, -0.05) is 24.7 Å². The molecule has 0 bridgehead atoms. The summed E-state index contributed by atoms with van der Waals surface area (Å²) < 4.78 is 0. The number of carbonyl (C=O) groups is 1. The molecule has 4 nitrogen and oxygen atoms in total. The highest BCUT2D eigenvalue weighted by molar-refractivity contribution is 7.98. The van der Waals surface area contributed by atoms with Crippen LogP contribution in [0.2, 0.25) is 0 Å².